The van der Waals surface area contributed by atoms with Gasteiger partial charge in [0.15, 0.2) is 11.4 Å². The van der Waals surface area contributed by atoms with Gasteiger partial charge in [0.1, 0.15) is 0 Å². The van der Waals surface area contributed by atoms with E-state index in [2.05, 4.69) is 15.0 Å². The van der Waals surface area contributed by atoms with Gasteiger partial charge in [-0.15, -0.1) is 0 Å². The molecule has 3 aliphatic rings. The number of amides is 1. The standard InChI is InChI=1S/C20H20F3N5O2/c1-3-30-14-7-4-10(2)26-15(14)18(29)27-12-5-6-13(27)17-16(12)28(17)19-24-8-11(9-25-19)20(21,22)23/h4,7-9,12-13,16-17H,3,5-6H2,1-2H3. The fraction of sp³-hybridized carbons (Fsp3) is 0.500. The van der Waals surface area contributed by atoms with Gasteiger partial charge in [0.2, 0.25) is 5.95 Å². The zero-order valence-corrected chi connectivity index (χ0v) is 16.4. The van der Waals surface area contributed by atoms with Gasteiger partial charge in [0, 0.05) is 18.1 Å². The Kier molecular flexibility index (Phi) is 4.16. The van der Waals surface area contributed by atoms with Crippen molar-refractivity contribution in [3.8, 4) is 5.75 Å². The highest BCUT2D eigenvalue weighted by Crippen LogP contribution is 2.54. The lowest BCUT2D eigenvalue weighted by molar-refractivity contribution is -0.138. The SMILES string of the molecule is CCOc1ccc(C)nc1C(=O)N1C2CCC1C1C2N1c1ncc(C(F)(F)F)cn1. The van der Waals surface area contributed by atoms with Crippen LogP contribution in [0.5, 0.6) is 5.75 Å². The second-order valence-electron chi connectivity index (χ2n) is 7.81. The maximum atomic E-state index is 13.3. The molecule has 4 unspecified atom stereocenters. The number of ether oxygens (including phenoxy) is 1. The van der Waals surface area contributed by atoms with Crippen LogP contribution < -0.4 is 9.64 Å². The van der Waals surface area contributed by atoms with Crippen LogP contribution in [0.25, 0.3) is 0 Å². The fourth-order valence-corrected chi connectivity index (χ4v) is 4.89. The number of fused-ring (bicyclic) bond motifs is 5. The summed E-state index contributed by atoms with van der Waals surface area (Å²) in [6.45, 7) is 4.11. The number of carbonyl (C=O) groups is 1. The molecule has 30 heavy (non-hydrogen) atoms. The van der Waals surface area contributed by atoms with E-state index in [-0.39, 0.29) is 36.0 Å². The molecule has 0 spiro atoms. The molecule has 4 atom stereocenters. The number of carbonyl (C=O) groups excluding carboxylic acids is 1. The highest BCUT2D eigenvalue weighted by Gasteiger charge is 2.70. The maximum absolute atomic E-state index is 13.3. The summed E-state index contributed by atoms with van der Waals surface area (Å²) < 4.78 is 43.9. The number of anilines is 1. The van der Waals surface area contributed by atoms with E-state index in [9.17, 15) is 18.0 Å². The molecule has 3 aliphatic heterocycles. The minimum atomic E-state index is -4.46. The molecule has 0 N–H and O–H groups in total. The molecule has 3 fully saturated rings. The summed E-state index contributed by atoms with van der Waals surface area (Å²) in [6.07, 6.45) is -1.16. The minimum Gasteiger partial charge on any atom is -0.491 e. The van der Waals surface area contributed by atoms with E-state index >= 15 is 0 Å². The van der Waals surface area contributed by atoms with Crippen molar-refractivity contribution in [1.29, 1.82) is 0 Å². The number of halogens is 3. The lowest BCUT2D eigenvalue weighted by Gasteiger charge is -2.28. The van der Waals surface area contributed by atoms with E-state index in [0.717, 1.165) is 30.9 Å². The van der Waals surface area contributed by atoms with Gasteiger partial charge in [-0.25, -0.2) is 15.0 Å². The van der Waals surface area contributed by atoms with Gasteiger partial charge < -0.3 is 14.5 Å². The van der Waals surface area contributed by atoms with Crippen molar-refractivity contribution in [1.82, 2.24) is 19.9 Å². The summed E-state index contributed by atoms with van der Waals surface area (Å²) in [5, 5.41) is 0. The van der Waals surface area contributed by atoms with Crippen LogP contribution in [0.2, 0.25) is 0 Å². The van der Waals surface area contributed by atoms with Crippen molar-refractivity contribution in [2.24, 2.45) is 0 Å². The molecule has 2 bridgehead atoms. The number of hydrogen-bond donors (Lipinski definition) is 0. The first kappa shape index (κ1) is 19.1. The number of pyridine rings is 1. The molecule has 0 aromatic carbocycles. The van der Waals surface area contributed by atoms with E-state index in [0.29, 0.717) is 18.1 Å². The molecule has 0 saturated carbocycles. The van der Waals surface area contributed by atoms with Gasteiger partial charge in [-0.05, 0) is 38.8 Å². The van der Waals surface area contributed by atoms with Gasteiger partial charge in [-0.3, -0.25) is 4.79 Å². The normalized spacial score (nSPS) is 26.7. The molecule has 5 rings (SSSR count). The van der Waals surface area contributed by atoms with E-state index < -0.39 is 11.7 Å². The fourth-order valence-electron chi connectivity index (χ4n) is 4.89. The molecule has 158 valence electrons. The number of alkyl halides is 3. The molecule has 2 aromatic heterocycles. The van der Waals surface area contributed by atoms with Gasteiger partial charge in [-0.1, -0.05) is 0 Å². The van der Waals surface area contributed by atoms with Crippen LogP contribution in [0, 0.1) is 6.92 Å². The average molecular weight is 419 g/mol. The van der Waals surface area contributed by atoms with Crippen molar-refractivity contribution in [3.63, 3.8) is 0 Å². The molecule has 3 saturated heterocycles. The van der Waals surface area contributed by atoms with Gasteiger partial charge >= 0.3 is 6.18 Å². The Labute approximate surface area is 170 Å². The highest BCUT2D eigenvalue weighted by molar-refractivity contribution is 5.96. The number of aromatic nitrogens is 3. The zero-order valence-electron chi connectivity index (χ0n) is 16.4. The van der Waals surface area contributed by atoms with Gasteiger partial charge in [0.25, 0.3) is 5.91 Å². The Balaban J connectivity index is 1.37. The molecule has 0 radical (unpaired) electrons. The Bertz CT molecular complexity index is 979. The first-order valence-electron chi connectivity index (χ1n) is 9.92. The van der Waals surface area contributed by atoms with Gasteiger partial charge in [-0.2, -0.15) is 13.2 Å². The van der Waals surface area contributed by atoms with E-state index in [1.165, 1.54) is 0 Å². The molecule has 5 heterocycles. The Morgan fingerprint density at radius 2 is 1.80 bits per heavy atom. The second kappa shape index (κ2) is 6.55. The lowest BCUT2D eigenvalue weighted by atomic mass is 10.0. The van der Waals surface area contributed by atoms with Crippen molar-refractivity contribution in [2.75, 3.05) is 11.5 Å². The molecule has 7 nitrogen and oxygen atoms in total. The van der Waals surface area contributed by atoms with Crippen LogP contribution in [-0.2, 0) is 6.18 Å². The van der Waals surface area contributed by atoms with Crippen LogP contribution in [0.15, 0.2) is 24.5 Å². The Morgan fingerprint density at radius 3 is 2.37 bits per heavy atom. The highest BCUT2D eigenvalue weighted by atomic mass is 19.4. The largest absolute Gasteiger partial charge is 0.491 e. The number of hydrogen-bond acceptors (Lipinski definition) is 6. The first-order chi connectivity index (χ1) is 14.3. The third-order valence-corrected chi connectivity index (χ3v) is 6.09. The van der Waals surface area contributed by atoms with Crippen LogP contribution >= 0.6 is 0 Å². The molecule has 10 heteroatoms. The van der Waals surface area contributed by atoms with Crippen molar-refractivity contribution in [3.05, 3.63) is 41.5 Å². The van der Waals surface area contributed by atoms with Gasteiger partial charge in [0.05, 0.1) is 36.3 Å². The zero-order chi connectivity index (χ0) is 21.2. The summed E-state index contributed by atoms with van der Waals surface area (Å²) in [4.78, 5) is 29.4. The number of nitrogens with zero attached hydrogens (tertiary/aromatic N) is 5. The van der Waals surface area contributed by atoms with E-state index in [1.54, 1.807) is 6.07 Å². The minimum absolute atomic E-state index is 0.0322. The predicted octanol–water partition coefficient (Wildman–Crippen LogP) is 2.84. The summed E-state index contributed by atoms with van der Waals surface area (Å²) in [6, 6.07) is 3.57. The monoisotopic (exact) mass is 419 g/mol. The second-order valence-corrected chi connectivity index (χ2v) is 7.81. The summed E-state index contributed by atoms with van der Waals surface area (Å²) in [7, 11) is 0. The number of aryl methyl sites for hydroxylation is 1. The lowest BCUT2D eigenvalue weighted by Crippen LogP contribution is -2.43. The topological polar surface area (TPSA) is 71.2 Å². The maximum Gasteiger partial charge on any atom is 0.419 e. The summed E-state index contributed by atoms with van der Waals surface area (Å²) >= 11 is 0. The third-order valence-electron chi connectivity index (χ3n) is 6.09. The third kappa shape index (κ3) is 2.80. The van der Waals surface area contributed by atoms with Crippen molar-refractivity contribution < 1.29 is 22.7 Å². The summed E-state index contributed by atoms with van der Waals surface area (Å²) in [5.74, 6) is 0.594. The van der Waals surface area contributed by atoms with Crippen LogP contribution in [0.1, 0.15) is 41.5 Å². The average Bonchev–Trinajstić information content (AvgIpc) is 3.22. The van der Waals surface area contributed by atoms with Crippen LogP contribution in [0.4, 0.5) is 19.1 Å². The number of piperazine rings is 1. The Morgan fingerprint density at radius 1 is 1.17 bits per heavy atom. The predicted molar refractivity (Wildman–Crippen MR) is 100 cm³/mol. The van der Waals surface area contributed by atoms with Crippen LogP contribution in [0.3, 0.4) is 0 Å². The molecule has 1 amide bonds. The quantitative estimate of drug-likeness (QED) is 0.710. The Hall–Kier alpha value is -2.91. The summed E-state index contributed by atoms with van der Waals surface area (Å²) in [5.41, 5.74) is 0.178. The molecule has 0 aliphatic carbocycles. The molecule has 2 aromatic rings. The number of rotatable bonds is 4. The molecular formula is C20H20F3N5O2. The smallest absolute Gasteiger partial charge is 0.419 e. The van der Waals surface area contributed by atoms with Crippen LogP contribution in [-0.4, -0.2) is 56.5 Å². The first-order valence-corrected chi connectivity index (χ1v) is 9.92. The van der Waals surface area contributed by atoms with E-state index in [4.69, 9.17) is 4.74 Å². The van der Waals surface area contributed by atoms with Crippen molar-refractivity contribution >= 4 is 11.9 Å². The van der Waals surface area contributed by atoms with E-state index in [1.807, 2.05) is 29.7 Å². The molecular weight excluding hydrogens is 399 g/mol. The van der Waals surface area contributed by atoms with Crippen molar-refractivity contribution in [2.45, 2.75) is 57.0 Å².